The number of amides is 2. The fraction of sp³-hybridized carbons (Fsp3) is 0.320. The smallest absolute Gasteiger partial charge is 0.341 e. The molecular formula is C25H28N4O4S. The minimum Gasteiger partial charge on any atom is -0.462 e. The number of benzene rings is 1. The van der Waals surface area contributed by atoms with Crippen LogP contribution >= 0.6 is 11.3 Å². The summed E-state index contributed by atoms with van der Waals surface area (Å²) >= 11 is 1.08. The standard InChI is InChI=1S/C25H28N4O4S/c1-4-33-25(32)21-16(2)22(23(31)26-18-9-6-5-7-10-18)34-24(21)27-20(30)15-29-14-13-28-12-8-11-19(28)17(29)3/h5-12,17H,4,13-15H2,1-3H3,(H,26,31)(H,27,30). The molecular weight excluding hydrogens is 452 g/mol. The maximum atomic E-state index is 13.0. The molecule has 1 atom stereocenters. The van der Waals surface area contributed by atoms with E-state index in [-0.39, 0.29) is 36.6 Å². The molecule has 3 heterocycles. The molecule has 1 aliphatic heterocycles. The topological polar surface area (TPSA) is 92.7 Å². The van der Waals surface area contributed by atoms with E-state index in [1.807, 2.05) is 30.5 Å². The first kappa shape index (κ1) is 23.7. The van der Waals surface area contributed by atoms with Gasteiger partial charge in [0.05, 0.1) is 23.6 Å². The van der Waals surface area contributed by atoms with Gasteiger partial charge in [0.25, 0.3) is 5.91 Å². The van der Waals surface area contributed by atoms with Crippen molar-refractivity contribution in [3.05, 3.63) is 70.4 Å². The average molecular weight is 481 g/mol. The van der Waals surface area contributed by atoms with Crippen LogP contribution in [0.1, 0.15) is 51.2 Å². The number of esters is 1. The minimum atomic E-state index is -0.561. The molecule has 0 fully saturated rings. The van der Waals surface area contributed by atoms with Gasteiger partial charge in [-0.15, -0.1) is 11.3 Å². The lowest BCUT2D eigenvalue weighted by molar-refractivity contribution is -0.118. The van der Waals surface area contributed by atoms with Crippen molar-refractivity contribution in [3.63, 3.8) is 0 Å². The van der Waals surface area contributed by atoms with Crippen LogP contribution in [0.3, 0.4) is 0 Å². The molecule has 8 nitrogen and oxygen atoms in total. The summed E-state index contributed by atoms with van der Waals surface area (Å²) in [5, 5.41) is 6.03. The first-order valence-electron chi connectivity index (χ1n) is 11.2. The highest BCUT2D eigenvalue weighted by Gasteiger charge is 2.29. The minimum absolute atomic E-state index is 0.0938. The van der Waals surface area contributed by atoms with Gasteiger partial charge < -0.3 is 19.9 Å². The van der Waals surface area contributed by atoms with E-state index in [4.69, 9.17) is 4.74 Å². The Labute approximate surface area is 202 Å². The third-order valence-corrected chi connectivity index (χ3v) is 7.14. The number of nitrogens with zero attached hydrogens (tertiary/aromatic N) is 2. The molecule has 1 aliphatic rings. The second-order valence-electron chi connectivity index (χ2n) is 8.12. The van der Waals surface area contributed by atoms with Crippen LogP contribution in [0.15, 0.2) is 48.7 Å². The monoisotopic (exact) mass is 480 g/mol. The van der Waals surface area contributed by atoms with E-state index >= 15 is 0 Å². The van der Waals surface area contributed by atoms with Crippen molar-refractivity contribution in [2.75, 3.05) is 30.3 Å². The summed E-state index contributed by atoms with van der Waals surface area (Å²) in [5.74, 6) is -1.15. The zero-order valence-corrected chi connectivity index (χ0v) is 20.3. The van der Waals surface area contributed by atoms with Gasteiger partial charge in [0.1, 0.15) is 5.00 Å². The summed E-state index contributed by atoms with van der Waals surface area (Å²) in [6, 6.07) is 13.2. The van der Waals surface area contributed by atoms with E-state index in [1.54, 1.807) is 26.0 Å². The third-order valence-electron chi connectivity index (χ3n) is 5.93. The number of carbonyl (C=O) groups is 3. The number of para-hydroxylation sites is 1. The van der Waals surface area contributed by atoms with Gasteiger partial charge in [0, 0.05) is 36.7 Å². The van der Waals surface area contributed by atoms with Crippen molar-refractivity contribution in [2.45, 2.75) is 33.4 Å². The Bertz CT molecular complexity index is 1200. The number of hydrogen-bond acceptors (Lipinski definition) is 6. The van der Waals surface area contributed by atoms with Gasteiger partial charge in [0.2, 0.25) is 5.91 Å². The number of thiophene rings is 1. The molecule has 2 amide bonds. The van der Waals surface area contributed by atoms with E-state index in [0.29, 0.717) is 21.1 Å². The van der Waals surface area contributed by atoms with Crippen molar-refractivity contribution < 1.29 is 19.1 Å². The summed E-state index contributed by atoms with van der Waals surface area (Å²) in [4.78, 5) is 41.1. The van der Waals surface area contributed by atoms with Gasteiger partial charge in [-0.2, -0.15) is 0 Å². The first-order valence-corrected chi connectivity index (χ1v) is 12.1. The fourth-order valence-electron chi connectivity index (χ4n) is 4.17. The van der Waals surface area contributed by atoms with E-state index in [2.05, 4.69) is 33.1 Å². The Morgan fingerprint density at radius 3 is 2.59 bits per heavy atom. The second kappa shape index (κ2) is 10.2. The summed E-state index contributed by atoms with van der Waals surface area (Å²) in [7, 11) is 0. The zero-order chi connectivity index (χ0) is 24.2. The van der Waals surface area contributed by atoms with Crippen LogP contribution in [0.4, 0.5) is 10.7 Å². The Hall–Kier alpha value is -3.43. The molecule has 4 rings (SSSR count). The van der Waals surface area contributed by atoms with Crippen LogP contribution in [0.25, 0.3) is 0 Å². The molecule has 0 aliphatic carbocycles. The molecule has 0 bridgehead atoms. The maximum absolute atomic E-state index is 13.0. The van der Waals surface area contributed by atoms with E-state index in [0.717, 1.165) is 30.1 Å². The van der Waals surface area contributed by atoms with Crippen molar-refractivity contribution in [3.8, 4) is 0 Å². The quantitative estimate of drug-likeness (QED) is 0.492. The molecule has 1 unspecified atom stereocenters. The fourth-order valence-corrected chi connectivity index (χ4v) is 5.28. The second-order valence-corrected chi connectivity index (χ2v) is 9.14. The lowest BCUT2D eigenvalue weighted by Crippen LogP contribution is -2.41. The lowest BCUT2D eigenvalue weighted by Gasteiger charge is -2.34. The van der Waals surface area contributed by atoms with Gasteiger partial charge in [-0.3, -0.25) is 14.5 Å². The van der Waals surface area contributed by atoms with Crippen LogP contribution < -0.4 is 10.6 Å². The first-order chi connectivity index (χ1) is 16.4. The molecule has 1 aromatic carbocycles. The molecule has 0 radical (unpaired) electrons. The number of rotatable bonds is 7. The summed E-state index contributed by atoms with van der Waals surface area (Å²) in [5.41, 5.74) is 2.51. The van der Waals surface area contributed by atoms with Gasteiger partial charge >= 0.3 is 5.97 Å². The number of anilines is 2. The van der Waals surface area contributed by atoms with Crippen LogP contribution in [0, 0.1) is 6.92 Å². The summed E-state index contributed by atoms with van der Waals surface area (Å²) in [6.45, 7) is 7.41. The molecule has 2 aromatic heterocycles. The van der Waals surface area contributed by atoms with Crippen molar-refractivity contribution in [1.82, 2.24) is 9.47 Å². The molecule has 3 aromatic rings. The zero-order valence-electron chi connectivity index (χ0n) is 19.5. The predicted molar refractivity (Wildman–Crippen MR) is 132 cm³/mol. The van der Waals surface area contributed by atoms with Gasteiger partial charge in [-0.05, 0) is 50.6 Å². The Morgan fingerprint density at radius 2 is 1.85 bits per heavy atom. The van der Waals surface area contributed by atoms with Gasteiger partial charge in [0.15, 0.2) is 0 Å². The van der Waals surface area contributed by atoms with Crippen molar-refractivity contribution in [1.29, 1.82) is 0 Å². The van der Waals surface area contributed by atoms with Crippen LogP contribution in [0.2, 0.25) is 0 Å². The highest BCUT2D eigenvalue weighted by molar-refractivity contribution is 7.19. The number of carbonyl (C=O) groups excluding carboxylic acids is 3. The SMILES string of the molecule is CCOC(=O)c1c(NC(=O)CN2CCn3cccc3C2C)sc(C(=O)Nc2ccccc2)c1C. The molecule has 178 valence electrons. The largest absolute Gasteiger partial charge is 0.462 e. The van der Waals surface area contributed by atoms with Gasteiger partial charge in [-0.1, -0.05) is 18.2 Å². The molecule has 0 spiro atoms. The predicted octanol–water partition coefficient (Wildman–Crippen LogP) is 4.30. The third kappa shape index (κ3) is 4.90. The lowest BCUT2D eigenvalue weighted by atomic mass is 10.1. The average Bonchev–Trinajstić information content (AvgIpc) is 3.41. The van der Waals surface area contributed by atoms with Gasteiger partial charge in [-0.25, -0.2) is 4.79 Å². The van der Waals surface area contributed by atoms with Crippen LogP contribution in [-0.2, 0) is 16.1 Å². The van der Waals surface area contributed by atoms with Crippen LogP contribution in [0.5, 0.6) is 0 Å². The Balaban J connectivity index is 1.54. The maximum Gasteiger partial charge on any atom is 0.341 e. The number of hydrogen-bond donors (Lipinski definition) is 2. The molecule has 0 saturated heterocycles. The van der Waals surface area contributed by atoms with Crippen molar-refractivity contribution in [2.24, 2.45) is 0 Å². The number of ether oxygens (including phenoxy) is 1. The Kier molecular flexibility index (Phi) is 7.14. The van der Waals surface area contributed by atoms with E-state index in [1.165, 1.54) is 0 Å². The number of nitrogens with one attached hydrogen (secondary N) is 2. The molecule has 0 saturated carbocycles. The van der Waals surface area contributed by atoms with E-state index in [9.17, 15) is 14.4 Å². The molecule has 2 N–H and O–H groups in total. The normalized spacial score (nSPS) is 15.4. The van der Waals surface area contributed by atoms with Crippen LogP contribution in [-0.4, -0.2) is 46.9 Å². The molecule has 9 heteroatoms. The van der Waals surface area contributed by atoms with Crippen molar-refractivity contribution >= 4 is 39.8 Å². The highest BCUT2D eigenvalue weighted by Crippen LogP contribution is 2.34. The Morgan fingerprint density at radius 1 is 1.09 bits per heavy atom. The summed E-state index contributed by atoms with van der Waals surface area (Å²) < 4.78 is 7.40. The molecule has 34 heavy (non-hydrogen) atoms. The van der Waals surface area contributed by atoms with E-state index < -0.39 is 5.97 Å². The number of aromatic nitrogens is 1. The highest BCUT2D eigenvalue weighted by atomic mass is 32.1. The summed E-state index contributed by atoms with van der Waals surface area (Å²) in [6.07, 6.45) is 2.05. The number of fused-ring (bicyclic) bond motifs is 1.